The van der Waals surface area contributed by atoms with Crippen LogP contribution in [0.4, 0.5) is 0 Å². The Labute approximate surface area is 121 Å². The van der Waals surface area contributed by atoms with Gasteiger partial charge in [-0.1, -0.05) is 25.1 Å². The van der Waals surface area contributed by atoms with Crippen molar-refractivity contribution in [1.82, 2.24) is 10.6 Å². The zero-order valence-corrected chi connectivity index (χ0v) is 12.9. The molecule has 20 heavy (non-hydrogen) atoms. The summed E-state index contributed by atoms with van der Waals surface area (Å²) in [4.78, 5) is 11.6. The number of carbonyl (C=O) groups is 1. The van der Waals surface area contributed by atoms with Gasteiger partial charge >= 0.3 is 0 Å². The molecular weight excluding hydrogens is 252 g/mol. The van der Waals surface area contributed by atoms with Gasteiger partial charge in [-0.3, -0.25) is 4.79 Å². The van der Waals surface area contributed by atoms with Crippen molar-refractivity contribution < 1.29 is 9.53 Å². The number of ether oxygens (including phenoxy) is 1. The number of amides is 1. The van der Waals surface area contributed by atoms with Gasteiger partial charge in [-0.2, -0.15) is 0 Å². The summed E-state index contributed by atoms with van der Waals surface area (Å²) in [6.07, 6.45) is 1.37. The van der Waals surface area contributed by atoms with Crippen LogP contribution in [0, 0.1) is 0 Å². The monoisotopic (exact) mass is 278 g/mol. The van der Waals surface area contributed by atoms with E-state index in [1.807, 2.05) is 39.1 Å². The molecule has 0 heterocycles. The van der Waals surface area contributed by atoms with Crippen LogP contribution in [0.5, 0.6) is 5.75 Å². The lowest BCUT2D eigenvalue weighted by atomic mass is 10.0. The van der Waals surface area contributed by atoms with Gasteiger partial charge in [0.05, 0.1) is 13.0 Å². The summed E-state index contributed by atoms with van der Waals surface area (Å²) in [5.41, 5.74) is 1.14. The molecule has 0 aliphatic heterocycles. The van der Waals surface area contributed by atoms with Crippen LogP contribution in [0.3, 0.4) is 0 Å². The molecule has 4 nitrogen and oxygen atoms in total. The number of carbonyl (C=O) groups excluding carboxylic acids is 1. The quantitative estimate of drug-likeness (QED) is 0.768. The second kappa shape index (κ2) is 8.59. The Balaban J connectivity index is 2.57. The van der Waals surface area contributed by atoms with E-state index in [-0.39, 0.29) is 18.0 Å². The fraction of sp³-hybridized carbons (Fsp3) is 0.562. The summed E-state index contributed by atoms with van der Waals surface area (Å²) >= 11 is 0. The van der Waals surface area contributed by atoms with Crippen LogP contribution in [0.15, 0.2) is 24.3 Å². The predicted octanol–water partition coefficient (Wildman–Crippen LogP) is 2.65. The standard InChI is InChI=1S/C16H26N2O2/c1-5-14(17-4)13-8-6-7-9-15(13)20-11-10-16(19)18-12(2)3/h6-9,12,14,17H,5,10-11H2,1-4H3,(H,18,19). The van der Waals surface area contributed by atoms with E-state index >= 15 is 0 Å². The Morgan fingerprint density at radius 3 is 2.60 bits per heavy atom. The summed E-state index contributed by atoms with van der Waals surface area (Å²) in [5, 5.41) is 6.13. The number of hydrogen-bond donors (Lipinski definition) is 2. The number of para-hydroxylation sites is 1. The Morgan fingerprint density at radius 2 is 2.00 bits per heavy atom. The summed E-state index contributed by atoms with van der Waals surface area (Å²) in [7, 11) is 1.95. The molecule has 112 valence electrons. The van der Waals surface area contributed by atoms with E-state index in [0.29, 0.717) is 13.0 Å². The zero-order valence-electron chi connectivity index (χ0n) is 12.9. The molecule has 0 spiro atoms. The Morgan fingerprint density at radius 1 is 1.30 bits per heavy atom. The minimum atomic E-state index is 0.0261. The van der Waals surface area contributed by atoms with Crippen LogP contribution in [0.2, 0.25) is 0 Å². The number of nitrogens with one attached hydrogen (secondary N) is 2. The van der Waals surface area contributed by atoms with E-state index in [4.69, 9.17) is 4.74 Å². The van der Waals surface area contributed by atoms with Crippen LogP contribution >= 0.6 is 0 Å². The molecule has 4 heteroatoms. The van der Waals surface area contributed by atoms with Crippen molar-refractivity contribution in [2.75, 3.05) is 13.7 Å². The molecule has 1 atom stereocenters. The number of rotatable bonds is 8. The Kier molecular flexibility index (Phi) is 7.09. The van der Waals surface area contributed by atoms with Crippen molar-refractivity contribution in [2.45, 2.75) is 45.7 Å². The van der Waals surface area contributed by atoms with Gasteiger partial charge < -0.3 is 15.4 Å². The van der Waals surface area contributed by atoms with Gasteiger partial charge in [0.15, 0.2) is 0 Å². The Hall–Kier alpha value is -1.55. The van der Waals surface area contributed by atoms with E-state index in [1.54, 1.807) is 0 Å². The van der Waals surface area contributed by atoms with E-state index < -0.39 is 0 Å². The maximum Gasteiger partial charge on any atom is 0.223 e. The minimum Gasteiger partial charge on any atom is -0.493 e. The maximum absolute atomic E-state index is 11.6. The third kappa shape index (κ3) is 5.21. The van der Waals surface area contributed by atoms with Crippen LogP contribution in [-0.4, -0.2) is 25.6 Å². The first-order valence-corrected chi connectivity index (χ1v) is 7.26. The van der Waals surface area contributed by atoms with Crippen molar-refractivity contribution in [1.29, 1.82) is 0 Å². The number of benzene rings is 1. The summed E-state index contributed by atoms with van der Waals surface area (Å²) < 4.78 is 5.77. The summed E-state index contributed by atoms with van der Waals surface area (Å²) in [6.45, 7) is 6.43. The van der Waals surface area contributed by atoms with E-state index in [1.165, 1.54) is 0 Å². The second-order valence-corrected chi connectivity index (χ2v) is 5.11. The molecule has 0 aliphatic carbocycles. The second-order valence-electron chi connectivity index (χ2n) is 5.11. The molecule has 1 aromatic carbocycles. The van der Waals surface area contributed by atoms with E-state index in [9.17, 15) is 4.79 Å². The van der Waals surface area contributed by atoms with Gasteiger partial charge in [0.1, 0.15) is 5.75 Å². The first kappa shape index (κ1) is 16.5. The van der Waals surface area contributed by atoms with Gasteiger partial charge in [0.2, 0.25) is 5.91 Å². The van der Waals surface area contributed by atoms with Gasteiger partial charge in [0.25, 0.3) is 0 Å². The minimum absolute atomic E-state index is 0.0261. The molecule has 0 saturated heterocycles. The highest BCUT2D eigenvalue weighted by molar-refractivity contribution is 5.76. The molecule has 0 aromatic heterocycles. The molecule has 0 aliphatic rings. The average Bonchev–Trinajstić information content (AvgIpc) is 2.41. The fourth-order valence-electron chi connectivity index (χ4n) is 2.13. The third-order valence-electron chi connectivity index (χ3n) is 3.09. The van der Waals surface area contributed by atoms with Gasteiger partial charge in [-0.05, 0) is 33.4 Å². The lowest BCUT2D eigenvalue weighted by Gasteiger charge is -2.18. The predicted molar refractivity (Wildman–Crippen MR) is 81.9 cm³/mol. The van der Waals surface area contributed by atoms with Gasteiger partial charge in [-0.25, -0.2) is 0 Å². The highest BCUT2D eigenvalue weighted by Crippen LogP contribution is 2.26. The molecule has 1 amide bonds. The lowest BCUT2D eigenvalue weighted by Crippen LogP contribution is -2.31. The first-order chi connectivity index (χ1) is 9.58. The molecule has 0 fully saturated rings. The Bertz CT molecular complexity index is 415. The normalized spacial score (nSPS) is 12.2. The molecule has 1 unspecified atom stereocenters. The molecule has 0 radical (unpaired) electrons. The van der Waals surface area contributed by atoms with Gasteiger partial charge in [0, 0.05) is 17.6 Å². The summed E-state index contributed by atoms with van der Waals surface area (Å²) in [5.74, 6) is 0.879. The van der Waals surface area contributed by atoms with Crippen molar-refractivity contribution >= 4 is 5.91 Å². The first-order valence-electron chi connectivity index (χ1n) is 7.26. The van der Waals surface area contributed by atoms with Crippen LogP contribution in [0.25, 0.3) is 0 Å². The summed E-state index contributed by atoms with van der Waals surface area (Å²) in [6, 6.07) is 8.42. The van der Waals surface area contributed by atoms with Crippen molar-refractivity contribution in [3.8, 4) is 5.75 Å². The fourth-order valence-corrected chi connectivity index (χ4v) is 2.13. The molecular formula is C16H26N2O2. The molecule has 2 N–H and O–H groups in total. The maximum atomic E-state index is 11.6. The average molecular weight is 278 g/mol. The third-order valence-corrected chi connectivity index (χ3v) is 3.09. The van der Waals surface area contributed by atoms with Crippen molar-refractivity contribution in [3.63, 3.8) is 0 Å². The smallest absolute Gasteiger partial charge is 0.223 e. The topological polar surface area (TPSA) is 50.4 Å². The molecule has 1 rings (SSSR count). The van der Waals surface area contributed by atoms with E-state index in [0.717, 1.165) is 17.7 Å². The van der Waals surface area contributed by atoms with Crippen LogP contribution in [0.1, 0.15) is 45.2 Å². The van der Waals surface area contributed by atoms with Crippen LogP contribution < -0.4 is 15.4 Å². The highest BCUT2D eigenvalue weighted by atomic mass is 16.5. The van der Waals surface area contributed by atoms with E-state index in [2.05, 4.69) is 23.6 Å². The zero-order chi connectivity index (χ0) is 15.0. The van der Waals surface area contributed by atoms with Crippen molar-refractivity contribution in [3.05, 3.63) is 29.8 Å². The molecule has 0 saturated carbocycles. The van der Waals surface area contributed by atoms with Crippen molar-refractivity contribution in [2.24, 2.45) is 0 Å². The number of hydrogen-bond acceptors (Lipinski definition) is 3. The lowest BCUT2D eigenvalue weighted by molar-refractivity contribution is -0.122. The highest BCUT2D eigenvalue weighted by Gasteiger charge is 2.12. The molecule has 0 bridgehead atoms. The molecule has 1 aromatic rings. The SMILES string of the molecule is CCC(NC)c1ccccc1OCCC(=O)NC(C)C. The van der Waals surface area contributed by atoms with Gasteiger partial charge in [-0.15, -0.1) is 0 Å². The van der Waals surface area contributed by atoms with Crippen LogP contribution in [-0.2, 0) is 4.79 Å². The largest absolute Gasteiger partial charge is 0.493 e.